The zero-order chi connectivity index (χ0) is 11.3. The Balaban J connectivity index is 2.44. The molecule has 0 aromatic heterocycles. The third kappa shape index (κ3) is 3.79. The Bertz CT molecular complexity index is 167. The van der Waals surface area contributed by atoms with E-state index in [-0.39, 0.29) is 6.10 Å². The van der Waals surface area contributed by atoms with E-state index < -0.39 is 0 Å². The van der Waals surface area contributed by atoms with Crippen molar-refractivity contribution in [3.05, 3.63) is 0 Å². The van der Waals surface area contributed by atoms with E-state index in [0.29, 0.717) is 11.8 Å². The minimum atomic E-state index is -0.0369. The van der Waals surface area contributed by atoms with Crippen molar-refractivity contribution < 1.29 is 5.11 Å². The lowest BCUT2D eigenvalue weighted by molar-refractivity contribution is 0.0297. The predicted molar refractivity (Wildman–Crippen MR) is 65.8 cm³/mol. The number of aliphatic hydroxyl groups is 1. The van der Waals surface area contributed by atoms with Crippen molar-refractivity contribution in [1.29, 1.82) is 0 Å². The fourth-order valence-electron chi connectivity index (χ4n) is 3.00. The van der Waals surface area contributed by atoms with E-state index >= 15 is 0 Å². The minimum Gasteiger partial charge on any atom is -0.393 e. The van der Waals surface area contributed by atoms with Gasteiger partial charge in [-0.1, -0.05) is 52.9 Å². The Morgan fingerprint density at radius 3 is 2.47 bits per heavy atom. The molecule has 1 heteroatoms. The quantitative estimate of drug-likeness (QED) is 0.730. The molecule has 15 heavy (non-hydrogen) atoms. The third-order valence-corrected chi connectivity index (χ3v) is 4.33. The minimum absolute atomic E-state index is 0.0369. The Hall–Kier alpha value is -0.0400. The molecule has 0 heterocycles. The van der Waals surface area contributed by atoms with E-state index in [2.05, 4.69) is 20.8 Å². The van der Waals surface area contributed by atoms with E-state index in [9.17, 15) is 5.11 Å². The Labute approximate surface area is 95.3 Å². The van der Waals surface area contributed by atoms with Crippen LogP contribution >= 0.6 is 0 Å². The molecule has 1 aliphatic carbocycles. The Morgan fingerprint density at radius 2 is 1.87 bits per heavy atom. The van der Waals surface area contributed by atoms with Crippen LogP contribution < -0.4 is 0 Å². The fourth-order valence-corrected chi connectivity index (χ4v) is 3.00. The molecule has 0 radical (unpaired) electrons. The number of hydrogen-bond donors (Lipinski definition) is 1. The van der Waals surface area contributed by atoms with Crippen molar-refractivity contribution in [3.63, 3.8) is 0 Å². The molecule has 0 spiro atoms. The molecule has 90 valence electrons. The largest absolute Gasteiger partial charge is 0.393 e. The number of hydrogen-bond acceptors (Lipinski definition) is 1. The molecule has 1 rings (SSSR count). The van der Waals surface area contributed by atoms with E-state index in [1.54, 1.807) is 0 Å². The lowest BCUT2D eigenvalue weighted by Crippen LogP contribution is -2.31. The summed E-state index contributed by atoms with van der Waals surface area (Å²) in [5.41, 5.74) is 0. The zero-order valence-corrected chi connectivity index (χ0v) is 10.7. The molecule has 0 aliphatic heterocycles. The molecule has 1 fully saturated rings. The van der Waals surface area contributed by atoms with E-state index in [1.165, 1.54) is 38.5 Å². The van der Waals surface area contributed by atoms with Crippen molar-refractivity contribution >= 4 is 0 Å². The molecule has 0 aromatic carbocycles. The van der Waals surface area contributed by atoms with Gasteiger partial charge >= 0.3 is 0 Å². The van der Waals surface area contributed by atoms with Gasteiger partial charge in [0.05, 0.1) is 6.10 Å². The molecule has 0 bridgehead atoms. The van der Waals surface area contributed by atoms with Crippen molar-refractivity contribution in [2.45, 2.75) is 71.8 Å². The summed E-state index contributed by atoms with van der Waals surface area (Å²) >= 11 is 0. The third-order valence-electron chi connectivity index (χ3n) is 4.33. The molecule has 0 amide bonds. The van der Waals surface area contributed by atoms with Gasteiger partial charge in [0.1, 0.15) is 0 Å². The van der Waals surface area contributed by atoms with Gasteiger partial charge in [0.15, 0.2) is 0 Å². The van der Waals surface area contributed by atoms with Gasteiger partial charge < -0.3 is 5.11 Å². The van der Waals surface area contributed by atoms with Gasteiger partial charge in [-0.3, -0.25) is 0 Å². The molecular formula is C14H28O. The summed E-state index contributed by atoms with van der Waals surface area (Å²) in [5, 5.41) is 10.3. The zero-order valence-electron chi connectivity index (χ0n) is 10.7. The van der Waals surface area contributed by atoms with Crippen LogP contribution in [-0.4, -0.2) is 11.2 Å². The van der Waals surface area contributed by atoms with Gasteiger partial charge in [0.2, 0.25) is 0 Å². The molecular weight excluding hydrogens is 184 g/mol. The molecule has 1 saturated carbocycles. The molecule has 0 saturated heterocycles. The summed E-state index contributed by atoms with van der Waals surface area (Å²) in [6.07, 6.45) is 8.74. The van der Waals surface area contributed by atoms with Gasteiger partial charge in [-0.15, -0.1) is 0 Å². The van der Waals surface area contributed by atoms with E-state index in [0.717, 1.165) is 12.3 Å². The maximum Gasteiger partial charge on any atom is 0.0573 e. The number of aliphatic hydroxyl groups excluding tert-OH is 1. The Kier molecular flexibility index (Phi) is 5.66. The number of rotatable bonds is 5. The van der Waals surface area contributed by atoms with Crippen LogP contribution in [0.4, 0.5) is 0 Å². The predicted octanol–water partition coefficient (Wildman–Crippen LogP) is 4.00. The molecule has 4 atom stereocenters. The van der Waals surface area contributed by atoms with Gasteiger partial charge in [-0.25, -0.2) is 0 Å². The second-order valence-corrected chi connectivity index (χ2v) is 5.43. The van der Waals surface area contributed by atoms with E-state index in [4.69, 9.17) is 0 Å². The highest BCUT2D eigenvalue weighted by Gasteiger charge is 2.29. The smallest absolute Gasteiger partial charge is 0.0573 e. The maximum absolute atomic E-state index is 10.3. The molecule has 1 nitrogen and oxygen atoms in total. The summed E-state index contributed by atoms with van der Waals surface area (Å²) in [6, 6.07) is 0. The highest BCUT2D eigenvalue weighted by atomic mass is 16.3. The van der Waals surface area contributed by atoms with Gasteiger partial charge in [0, 0.05) is 0 Å². The average Bonchev–Trinajstić information content (AvgIpc) is 2.28. The van der Waals surface area contributed by atoms with Crippen LogP contribution in [0.15, 0.2) is 0 Å². The van der Waals surface area contributed by atoms with Crippen molar-refractivity contribution in [3.8, 4) is 0 Å². The topological polar surface area (TPSA) is 20.2 Å². The molecule has 1 aliphatic rings. The molecule has 0 aromatic rings. The fraction of sp³-hybridized carbons (Fsp3) is 1.00. The van der Waals surface area contributed by atoms with Crippen LogP contribution in [0, 0.1) is 17.8 Å². The Morgan fingerprint density at radius 1 is 1.20 bits per heavy atom. The normalized spacial score (nSPS) is 31.2. The van der Waals surface area contributed by atoms with E-state index in [1.807, 2.05) is 0 Å². The summed E-state index contributed by atoms with van der Waals surface area (Å²) in [5.74, 6) is 2.06. The lowest BCUT2D eigenvalue weighted by atomic mass is 9.73. The van der Waals surface area contributed by atoms with Crippen molar-refractivity contribution in [1.82, 2.24) is 0 Å². The van der Waals surface area contributed by atoms with Gasteiger partial charge in [0.25, 0.3) is 0 Å². The first-order valence-electron chi connectivity index (χ1n) is 6.87. The van der Waals surface area contributed by atoms with Crippen LogP contribution in [0.3, 0.4) is 0 Å². The maximum atomic E-state index is 10.3. The first kappa shape index (κ1) is 13.0. The summed E-state index contributed by atoms with van der Waals surface area (Å²) in [6.45, 7) is 6.75. The summed E-state index contributed by atoms with van der Waals surface area (Å²) < 4.78 is 0. The van der Waals surface area contributed by atoms with Gasteiger partial charge in [-0.05, 0) is 30.6 Å². The monoisotopic (exact) mass is 212 g/mol. The van der Waals surface area contributed by atoms with Crippen LogP contribution in [0.5, 0.6) is 0 Å². The molecule has 4 unspecified atom stereocenters. The van der Waals surface area contributed by atoms with Crippen LogP contribution in [0.2, 0.25) is 0 Å². The second kappa shape index (κ2) is 6.52. The lowest BCUT2D eigenvalue weighted by Gasteiger charge is -2.35. The van der Waals surface area contributed by atoms with Crippen molar-refractivity contribution in [2.75, 3.05) is 0 Å². The van der Waals surface area contributed by atoms with Crippen LogP contribution in [-0.2, 0) is 0 Å². The average molecular weight is 212 g/mol. The van der Waals surface area contributed by atoms with Crippen molar-refractivity contribution in [2.24, 2.45) is 17.8 Å². The van der Waals surface area contributed by atoms with Crippen LogP contribution in [0.1, 0.15) is 65.7 Å². The highest BCUT2D eigenvalue weighted by Crippen LogP contribution is 2.36. The molecule has 1 N–H and O–H groups in total. The standard InChI is InChI=1S/C14H28O/c1-4-11(3)10-14(15)13-9-7-6-8-12(13)5-2/h11-15H,4-10H2,1-3H3. The first-order valence-corrected chi connectivity index (χ1v) is 6.87. The summed E-state index contributed by atoms with van der Waals surface area (Å²) in [4.78, 5) is 0. The van der Waals surface area contributed by atoms with Gasteiger partial charge in [-0.2, -0.15) is 0 Å². The van der Waals surface area contributed by atoms with Crippen LogP contribution in [0.25, 0.3) is 0 Å². The highest BCUT2D eigenvalue weighted by molar-refractivity contribution is 4.80. The summed E-state index contributed by atoms with van der Waals surface area (Å²) in [7, 11) is 0. The second-order valence-electron chi connectivity index (χ2n) is 5.43. The SMILES string of the molecule is CCC(C)CC(O)C1CCCCC1CC. The first-order chi connectivity index (χ1) is 7.19.